The molecule has 9 heteroatoms. The second-order valence-electron chi connectivity index (χ2n) is 6.75. The molecule has 0 unspecified atom stereocenters. The van der Waals surface area contributed by atoms with Crippen molar-refractivity contribution in [2.45, 2.75) is 24.7 Å². The van der Waals surface area contributed by atoms with Gasteiger partial charge in [0.05, 0.1) is 16.9 Å². The van der Waals surface area contributed by atoms with Gasteiger partial charge in [-0.15, -0.1) is 0 Å². The fourth-order valence-corrected chi connectivity index (χ4v) is 4.52. The van der Waals surface area contributed by atoms with Crippen LogP contribution in [0, 0.1) is 16.0 Å². The van der Waals surface area contributed by atoms with Gasteiger partial charge in [0, 0.05) is 19.2 Å². The standard InChI is InChI=1S/C19H22N2O6S/c1-14-9-11-20(12-10-14)28(24,25)17-7-8-19(18(13-17)21(22)23)27-16-5-3-15(26-2)4-6-16/h3-8,13-14H,9-12H2,1-2H3. The molecule has 0 N–H and O–H groups in total. The lowest BCUT2D eigenvalue weighted by atomic mass is 10.0. The Balaban J connectivity index is 1.89. The van der Waals surface area contributed by atoms with Crippen LogP contribution in [0.15, 0.2) is 47.4 Å². The quantitative estimate of drug-likeness (QED) is 0.534. The third-order valence-corrected chi connectivity index (χ3v) is 6.69. The molecule has 0 saturated carbocycles. The minimum absolute atomic E-state index is 0.0265. The summed E-state index contributed by atoms with van der Waals surface area (Å²) in [4.78, 5) is 10.8. The predicted molar refractivity (Wildman–Crippen MR) is 103 cm³/mol. The Morgan fingerprint density at radius 3 is 2.25 bits per heavy atom. The fraction of sp³-hybridized carbons (Fsp3) is 0.368. The average Bonchev–Trinajstić information content (AvgIpc) is 2.69. The first-order chi connectivity index (χ1) is 13.3. The number of piperidine rings is 1. The van der Waals surface area contributed by atoms with Gasteiger partial charge in [0.2, 0.25) is 15.8 Å². The van der Waals surface area contributed by atoms with E-state index in [4.69, 9.17) is 9.47 Å². The molecule has 1 saturated heterocycles. The lowest BCUT2D eigenvalue weighted by Gasteiger charge is -2.29. The molecule has 0 aliphatic carbocycles. The highest BCUT2D eigenvalue weighted by Gasteiger charge is 2.30. The third-order valence-electron chi connectivity index (χ3n) is 4.79. The second kappa shape index (κ2) is 8.15. The molecular formula is C19H22N2O6S. The molecule has 0 bridgehead atoms. The minimum atomic E-state index is -3.78. The zero-order valence-corrected chi connectivity index (χ0v) is 16.5. The van der Waals surface area contributed by atoms with Gasteiger partial charge in [0.15, 0.2) is 0 Å². The highest BCUT2D eigenvalue weighted by Crippen LogP contribution is 2.35. The van der Waals surface area contributed by atoms with E-state index < -0.39 is 20.6 Å². The van der Waals surface area contributed by atoms with Crippen molar-refractivity contribution in [2.75, 3.05) is 20.2 Å². The number of ether oxygens (including phenoxy) is 2. The molecule has 0 spiro atoms. The Morgan fingerprint density at radius 1 is 1.07 bits per heavy atom. The Hall–Kier alpha value is -2.65. The molecular weight excluding hydrogens is 384 g/mol. The Labute approximate surface area is 163 Å². The third kappa shape index (κ3) is 4.26. The first-order valence-corrected chi connectivity index (χ1v) is 10.4. The maximum atomic E-state index is 12.9. The number of benzene rings is 2. The van der Waals surface area contributed by atoms with E-state index in [9.17, 15) is 18.5 Å². The van der Waals surface area contributed by atoms with Crippen LogP contribution in [0.3, 0.4) is 0 Å². The highest BCUT2D eigenvalue weighted by molar-refractivity contribution is 7.89. The van der Waals surface area contributed by atoms with Crippen molar-refractivity contribution in [3.63, 3.8) is 0 Å². The molecule has 8 nitrogen and oxygen atoms in total. The van der Waals surface area contributed by atoms with Crippen LogP contribution in [0.4, 0.5) is 5.69 Å². The summed E-state index contributed by atoms with van der Waals surface area (Å²) in [6.45, 7) is 2.92. The Bertz CT molecular complexity index is 951. The largest absolute Gasteiger partial charge is 0.497 e. The summed E-state index contributed by atoms with van der Waals surface area (Å²) in [5, 5.41) is 11.5. The van der Waals surface area contributed by atoms with Gasteiger partial charge < -0.3 is 9.47 Å². The predicted octanol–water partition coefficient (Wildman–Crippen LogP) is 3.82. The number of rotatable bonds is 6. The van der Waals surface area contributed by atoms with Crippen LogP contribution in [-0.2, 0) is 10.0 Å². The molecule has 2 aromatic carbocycles. The Morgan fingerprint density at radius 2 is 1.68 bits per heavy atom. The lowest BCUT2D eigenvalue weighted by molar-refractivity contribution is -0.385. The Kier molecular flexibility index (Phi) is 5.85. The number of hydrogen-bond acceptors (Lipinski definition) is 6. The number of nitro benzene ring substituents is 1. The van der Waals surface area contributed by atoms with Crippen molar-refractivity contribution in [3.05, 3.63) is 52.6 Å². The fourth-order valence-electron chi connectivity index (χ4n) is 3.03. The monoisotopic (exact) mass is 406 g/mol. The number of hydrogen-bond donors (Lipinski definition) is 0. The molecule has 0 radical (unpaired) electrons. The minimum Gasteiger partial charge on any atom is -0.497 e. The topological polar surface area (TPSA) is 99.0 Å². The normalized spacial score (nSPS) is 15.9. The van der Waals surface area contributed by atoms with Crippen molar-refractivity contribution < 1.29 is 22.8 Å². The lowest BCUT2D eigenvalue weighted by Crippen LogP contribution is -2.37. The van der Waals surface area contributed by atoms with Crippen LogP contribution in [-0.4, -0.2) is 37.8 Å². The summed E-state index contributed by atoms with van der Waals surface area (Å²) in [6.07, 6.45) is 1.56. The van der Waals surface area contributed by atoms with Crippen molar-refractivity contribution in [1.29, 1.82) is 0 Å². The summed E-state index contributed by atoms with van der Waals surface area (Å²) in [5.74, 6) is 1.45. The van der Waals surface area contributed by atoms with Gasteiger partial charge in [-0.25, -0.2) is 8.42 Å². The van der Waals surface area contributed by atoms with E-state index in [0.29, 0.717) is 30.5 Å². The van der Waals surface area contributed by atoms with Crippen LogP contribution in [0.1, 0.15) is 19.8 Å². The zero-order valence-electron chi connectivity index (χ0n) is 15.7. The molecule has 3 rings (SSSR count). The van der Waals surface area contributed by atoms with E-state index in [-0.39, 0.29) is 10.6 Å². The van der Waals surface area contributed by atoms with E-state index >= 15 is 0 Å². The summed E-state index contributed by atoms with van der Waals surface area (Å²) in [6, 6.07) is 10.3. The molecule has 150 valence electrons. The highest BCUT2D eigenvalue weighted by atomic mass is 32.2. The number of sulfonamides is 1. The van der Waals surface area contributed by atoms with Gasteiger partial charge >= 0.3 is 5.69 Å². The van der Waals surface area contributed by atoms with E-state index in [0.717, 1.165) is 18.9 Å². The van der Waals surface area contributed by atoms with E-state index in [1.807, 2.05) is 0 Å². The summed E-state index contributed by atoms with van der Waals surface area (Å²) < 4.78 is 37.8. The van der Waals surface area contributed by atoms with E-state index in [1.54, 1.807) is 24.3 Å². The van der Waals surface area contributed by atoms with Crippen LogP contribution in [0.25, 0.3) is 0 Å². The molecule has 1 heterocycles. The maximum Gasteiger partial charge on any atom is 0.312 e. The molecule has 1 fully saturated rings. The van der Waals surface area contributed by atoms with Gasteiger partial charge in [0.1, 0.15) is 11.5 Å². The van der Waals surface area contributed by atoms with Crippen molar-refractivity contribution >= 4 is 15.7 Å². The van der Waals surface area contributed by atoms with Gasteiger partial charge in [0.25, 0.3) is 0 Å². The van der Waals surface area contributed by atoms with Gasteiger partial charge in [-0.05, 0) is 55.2 Å². The molecule has 28 heavy (non-hydrogen) atoms. The second-order valence-corrected chi connectivity index (χ2v) is 8.69. The molecule has 2 aromatic rings. The van der Waals surface area contributed by atoms with E-state index in [2.05, 4.69) is 6.92 Å². The summed E-state index contributed by atoms with van der Waals surface area (Å²) in [5.41, 5.74) is -0.401. The van der Waals surface area contributed by atoms with E-state index in [1.165, 1.54) is 23.5 Å². The summed E-state index contributed by atoms with van der Waals surface area (Å²) >= 11 is 0. The van der Waals surface area contributed by atoms with Gasteiger partial charge in [-0.3, -0.25) is 10.1 Å². The van der Waals surface area contributed by atoms with Crippen molar-refractivity contribution in [1.82, 2.24) is 4.31 Å². The van der Waals surface area contributed by atoms with Crippen LogP contribution >= 0.6 is 0 Å². The van der Waals surface area contributed by atoms with Gasteiger partial charge in [-0.2, -0.15) is 4.31 Å². The van der Waals surface area contributed by atoms with Crippen molar-refractivity contribution in [2.24, 2.45) is 5.92 Å². The van der Waals surface area contributed by atoms with Crippen LogP contribution < -0.4 is 9.47 Å². The number of methoxy groups -OCH3 is 1. The summed E-state index contributed by atoms with van der Waals surface area (Å²) in [7, 11) is -2.25. The first-order valence-electron chi connectivity index (χ1n) is 8.92. The molecule has 0 atom stereocenters. The SMILES string of the molecule is COc1ccc(Oc2ccc(S(=O)(=O)N3CCC(C)CC3)cc2[N+](=O)[O-])cc1. The van der Waals surface area contributed by atoms with Crippen LogP contribution in [0.2, 0.25) is 0 Å². The molecule has 0 aromatic heterocycles. The van der Waals surface area contributed by atoms with Gasteiger partial charge in [-0.1, -0.05) is 6.92 Å². The number of nitrogens with zero attached hydrogens (tertiary/aromatic N) is 2. The smallest absolute Gasteiger partial charge is 0.312 e. The maximum absolute atomic E-state index is 12.9. The molecule has 1 aliphatic rings. The zero-order chi connectivity index (χ0) is 20.3. The molecule has 1 aliphatic heterocycles. The first kappa shape index (κ1) is 20.1. The molecule has 0 amide bonds. The average molecular weight is 406 g/mol. The van der Waals surface area contributed by atoms with Crippen LogP contribution in [0.5, 0.6) is 17.2 Å². The number of nitro groups is 1. The van der Waals surface area contributed by atoms with Crippen molar-refractivity contribution in [3.8, 4) is 17.2 Å².